The van der Waals surface area contributed by atoms with E-state index < -0.39 is 0 Å². The lowest BCUT2D eigenvalue weighted by atomic mass is 9.83. The van der Waals surface area contributed by atoms with E-state index in [0.717, 1.165) is 12.6 Å². The molecule has 0 radical (unpaired) electrons. The second kappa shape index (κ2) is 9.65. The standard InChI is InChI=1S/C18H30O4/c1-17(2,11-13-19)9-7-15(21)5-6-16(22)8-10-18(3,4)12-14-20/h13-14H,5-12H2,1-4H3. The minimum Gasteiger partial charge on any atom is -0.303 e. The van der Waals surface area contributed by atoms with Crippen molar-refractivity contribution in [3.8, 4) is 0 Å². The summed E-state index contributed by atoms with van der Waals surface area (Å²) in [5.41, 5.74) is -0.305. The first-order valence-electron chi connectivity index (χ1n) is 8.02. The fraction of sp³-hybridized carbons (Fsp3) is 0.778. The summed E-state index contributed by atoms with van der Waals surface area (Å²) in [4.78, 5) is 44.7. The van der Waals surface area contributed by atoms with Gasteiger partial charge in [-0.25, -0.2) is 0 Å². The van der Waals surface area contributed by atoms with Gasteiger partial charge in [0.1, 0.15) is 24.1 Å². The van der Waals surface area contributed by atoms with E-state index >= 15 is 0 Å². The van der Waals surface area contributed by atoms with Crippen LogP contribution in [0, 0.1) is 10.8 Å². The lowest BCUT2D eigenvalue weighted by Crippen LogP contribution is -2.16. The lowest BCUT2D eigenvalue weighted by molar-refractivity contribution is -0.125. The van der Waals surface area contributed by atoms with Crippen LogP contribution >= 0.6 is 0 Å². The summed E-state index contributed by atoms with van der Waals surface area (Å²) in [5, 5.41) is 0. The Morgan fingerprint density at radius 3 is 1.27 bits per heavy atom. The SMILES string of the molecule is CC(C)(CC=O)CCC(=O)CCC(=O)CCC(C)(C)CC=O. The molecule has 4 nitrogen and oxygen atoms in total. The number of aldehydes is 2. The van der Waals surface area contributed by atoms with Gasteiger partial charge in [-0.1, -0.05) is 27.7 Å². The van der Waals surface area contributed by atoms with Crippen molar-refractivity contribution in [2.24, 2.45) is 10.8 Å². The third-order valence-corrected chi connectivity index (χ3v) is 4.12. The minimum absolute atomic E-state index is 0.0828. The molecule has 4 heteroatoms. The zero-order valence-electron chi connectivity index (χ0n) is 14.4. The molecule has 0 fully saturated rings. The van der Waals surface area contributed by atoms with E-state index in [4.69, 9.17) is 0 Å². The molecule has 0 spiro atoms. The number of rotatable bonds is 13. The Kier molecular flexibility index (Phi) is 9.07. The third-order valence-electron chi connectivity index (χ3n) is 4.12. The Morgan fingerprint density at radius 1 is 0.682 bits per heavy atom. The van der Waals surface area contributed by atoms with Gasteiger partial charge in [0.2, 0.25) is 0 Å². The van der Waals surface area contributed by atoms with Crippen LogP contribution in [0.4, 0.5) is 0 Å². The van der Waals surface area contributed by atoms with Crippen LogP contribution in [0.25, 0.3) is 0 Å². The van der Waals surface area contributed by atoms with Crippen molar-refractivity contribution >= 4 is 24.1 Å². The molecule has 0 aromatic carbocycles. The Morgan fingerprint density at radius 2 is 1.00 bits per heavy atom. The third kappa shape index (κ3) is 10.4. The fourth-order valence-electron chi connectivity index (χ4n) is 2.14. The van der Waals surface area contributed by atoms with Gasteiger partial charge in [0.15, 0.2) is 0 Å². The van der Waals surface area contributed by atoms with E-state index in [-0.39, 0.29) is 35.2 Å². The summed E-state index contributed by atoms with van der Waals surface area (Å²) in [5.74, 6) is 0.166. The molecule has 0 amide bonds. The molecule has 0 aliphatic heterocycles. The van der Waals surface area contributed by atoms with E-state index in [9.17, 15) is 19.2 Å². The zero-order chi connectivity index (χ0) is 17.2. The van der Waals surface area contributed by atoms with Gasteiger partial charge in [0, 0.05) is 38.5 Å². The van der Waals surface area contributed by atoms with E-state index in [1.54, 1.807) is 0 Å². The molecule has 0 bridgehead atoms. The molecule has 0 saturated carbocycles. The van der Waals surface area contributed by atoms with Gasteiger partial charge in [0.05, 0.1) is 0 Å². The Bertz CT molecular complexity index is 356. The maximum atomic E-state index is 11.8. The average molecular weight is 310 g/mol. The summed E-state index contributed by atoms with van der Waals surface area (Å²) in [6.07, 6.45) is 5.42. The number of hydrogen-bond donors (Lipinski definition) is 0. The van der Waals surface area contributed by atoms with E-state index in [0.29, 0.717) is 38.5 Å². The molecule has 0 heterocycles. The highest BCUT2D eigenvalue weighted by atomic mass is 16.1. The Balaban J connectivity index is 3.98. The van der Waals surface area contributed by atoms with Crippen LogP contribution in [0.5, 0.6) is 0 Å². The molecule has 22 heavy (non-hydrogen) atoms. The molecule has 0 atom stereocenters. The maximum absolute atomic E-state index is 11.8. The van der Waals surface area contributed by atoms with Crippen molar-refractivity contribution < 1.29 is 19.2 Å². The van der Waals surface area contributed by atoms with Crippen LogP contribution in [-0.2, 0) is 19.2 Å². The molecule has 0 aliphatic rings. The molecular formula is C18H30O4. The van der Waals surface area contributed by atoms with Gasteiger partial charge in [0.25, 0.3) is 0 Å². The Labute approximate surface area is 134 Å². The molecule has 0 N–H and O–H groups in total. The monoisotopic (exact) mass is 310 g/mol. The molecule has 0 aliphatic carbocycles. The van der Waals surface area contributed by atoms with Gasteiger partial charge in [-0.15, -0.1) is 0 Å². The predicted molar refractivity (Wildman–Crippen MR) is 86.6 cm³/mol. The van der Waals surface area contributed by atoms with Crippen molar-refractivity contribution in [2.45, 2.75) is 79.1 Å². The van der Waals surface area contributed by atoms with Gasteiger partial charge in [-0.3, -0.25) is 9.59 Å². The highest BCUT2D eigenvalue weighted by Gasteiger charge is 2.20. The normalized spacial score (nSPS) is 12.0. The largest absolute Gasteiger partial charge is 0.303 e. The van der Waals surface area contributed by atoms with E-state index in [1.165, 1.54) is 0 Å². The first kappa shape index (κ1) is 20.7. The molecular weight excluding hydrogens is 280 g/mol. The van der Waals surface area contributed by atoms with Crippen molar-refractivity contribution in [3.05, 3.63) is 0 Å². The maximum Gasteiger partial charge on any atom is 0.133 e. The molecule has 0 unspecified atom stereocenters. The topological polar surface area (TPSA) is 68.3 Å². The highest BCUT2D eigenvalue weighted by Crippen LogP contribution is 2.27. The smallest absolute Gasteiger partial charge is 0.133 e. The number of carbonyl (C=O) groups is 4. The minimum atomic E-state index is -0.153. The quantitative estimate of drug-likeness (QED) is 0.486. The van der Waals surface area contributed by atoms with Gasteiger partial charge in [-0.05, 0) is 23.7 Å². The molecule has 0 rings (SSSR count). The van der Waals surface area contributed by atoms with Gasteiger partial charge < -0.3 is 9.59 Å². The second-order valence-corrected chi connectivity index (χ2v) is 7.65. The first-order chi connectivity index (χ1) is 10.1. The van der Waals surface area contributed by atoms with Crippen LogP contribution < -0.4 is 0 Å². The van der Waals surface area contributed by atoms with Crippen LogP contribution in [-0.4, -0.2) is 24.1 Å². The second-order valence-electron chi connectivity index (χ2n) is 7.65. The van der Waals surface area contributed by atoms with Crippen molar-refractivity contribution in [3.63, 3.8) is 0 Å². The van der Waals surface area contributed by atoms with Crippen LogP contribution in [0.1, 0.15) is 79.1 Å². The summed E-state index contributed by atoms with van der Waals surface area (Å²) >= 11 is 0. The highest BCUT2D eigenvalue weighted by molar-refractivity contribution is 5.86. The van der Waals surface area contributed by atoms with E-state index in [1.807, 2.05) is 27.7 Å². The fourth-order valence-corrected chi connectivity index (χ4v) is 2.14. The predicted octanol–water partition coefficient (Wildman–Crippen LogP) is 3.70. The Hall–Kier alpha value is -1.32. The van der Waals surface area contributed by atoms with Crippen molar-refractivity contribution in [2.75, 3.05) is 0 Å². The van der Waals surface area contributed by atoms with Gasteiger partial charge in [-0.2, -0.15) is 0 Å². The number of ketones is 2. The van der Waals surface area contributed by atoms with Crippen molar-refractivity contribution in [1.82, 2.24) is 0 Å². The van der Waals surface area contributed by atoms with Crippen LogP contribution in [0.3, 0.4) is 0 Å². The van der Waals surface area contributed by atoms with E-state index in [2.05, 4.69) is 0 Å². The summed E-state index contributed by atoms with van der Waals surface area (Å²) in [6, 6.07) is 0. The van der Waals surface area contributed by atoms with Crippen molar-refractivity contribution in [1.29, 1.82) is 0 Å². The van der Waals surface area contributed by atoms with Crippen LogP contribution in [0.2, 0.25) is 0 Å². The van der Waals surface area contributed by atoms with Gasteiger partial charge >= 0.3 is 0 Å². The summed E-state index contributed by atoms with van der Waals surface area (Å²) < 4.78 is 0. The average Bonchev–Trinajstić information content (AvgIpc) is 2.41. The van der Waals surface area contributed by atoms with Crippen LogP contribution in [0.15, 0.2) is 0 Å². The number of Topliss-reactive ketones (excluding diaryl/α,β-unsaturated/α-hetero) is 2. The molecule has 0 saturated heterocycles. The first-order valence-corrected chi connectivity index (χ1v) is 8.02. The molecule has 0 aromatic rings. The number of hydrogen-bond acceptors (Lipinski definition) is 4. The molecule has 0 aromatic heterocycles. The summed E-state index contributed by atoms with van der Waals surface area (Å²) in [6.45, 7) is 7.87. The zero-order valence-corrected chi connectivity index (χ0v) is 14.4. The number of carbonyl (C=O) groups excluding carboxylic acids is 4. The molecule has 126 valence electrons. The summed E-state index contributed by atoms with van der Waals surface area (Å²) in [7, 11) is 0. The lowest BCUT2D eigenvalue weighted by Gasteiger charge is -2.21.